The number of rotatable bonds is 9. The zero-order chi connectivity index (χ0) is 16.9. The minimum atomic E-state index is -3.75. The third-order valence-electron chi connectivity index (χ3n) is 3.10. The van der Waals surface area contributed by atoms with Crippen LogP contribution >= 0.6 is 7.60 Å². The molecule has 0 saturated carbocycles. The van der Waals surface area contributed by atoms with E-state index in [1.807, 2.05) is 6.92 Å². The van der Waals surface area contributed by atoms with Crippen molar-refractivity contribution in [1.82, 2.24) is 19.5 Å². The van der Waals surface area contributed by atoms with Gasteiger partial charge in [-0.3, -0.25) is 4.57 Å². The van der Waals surface area contributed by atoms with E-state index in [0.29, 0.717) is 24.3 Å². The van der Waals surface area contributed by atoms with E-state index in [1.54, 1.807) is 10.9 Å². The number of hydrogen-bond acceptors (Lipinski definition) is 8. The van der Waals surface area contributed by atoms with Crippen LogP contribution in [0, 0.1) is 0 Å². The Hall–Kier alpha value is -1.58. The number of nitrogens with two attached hydrogens (primary N) is 1. The van der Waals surface area contributed by atoms with Gasteiger partial charge in [0.25, 0.3) is 0 Å². The van der Waals surface area contributed by atoms with Crippen molar-refractivity contribution in [3.05, 3.63) is 12.7 Å². The van der Waals surface area contributed by atoms with E-state index in [4.69, 9.17) is 15.2 Å². The molecule has 0 bridgehead atoms. The summed E-state index contributed by atoms with van der Waals surface area (Å²) in [5, 5.41) is 0. The Balaban J connectivity index is 2.12. The molecule has 0 aliphatic carbocycles. The molecule has 0 radical (unpaired) electrons. The van der Waals surface area contributed by atoms with Gasteiger partial charge in [0.2, 0.25) is 0 Å². The standard InChI is InChI=1S/C12H20N5O5P/c1-3-21-5-9(22-8-23(18,19)20-2)4-17-7-16-10-11(13)14-6-15-12(10)17/h6-7,9H,3-5,8H2,1-2H3,(H,18,19)(H2,13,14,15)/t9-/m0/s1. The molecule has 10 nitrogen and oxygen atoms in total. The molecule has 2 rings (SSSR count). The van der Waals surface area contributed by atoms with E-state index in [2.05, 4.69) is 19.5 Å². The Morgan fingerprint density at radius 1 is 1.43 bits per heavy atom. The molecule has 2 aromatic rings. The first kappa shape index (κ1) is 17.8. The molecule has 0 fully saturated rings. The van der Waals surface area contributed by atoms with E-state index in [9.17, 15) is 9.46 Å². The summed E-state index contributed by atoms with van der Waals surface area (Å²) in [5.74, 6) is 0.287. The first-order valence-electron chi connectivity index (χ1n) is 6.95. The lowest BCUT2D eigenvalue weighted by molar-refractivity contribution is -0.00893. The summed E-state index contributed by atoms with van der Waals surface area (Å²) in [7, 11) is -2.60. The molecular weight excluding hydrogens is 325 g/mol. The van der Waals surface area contributed by atoms with Gasteiger partial charge in [-0.2, -0.15) is 0 Å². The van der Waals surface area contributed by atoms with Crippen molar-refractivity contribution >= 4 is 24.6 Å². The van der Waals surface area contributed by atoms with E-state index < -0.39 is 20.0 Å². The third-order valence-corrected chi connectivity index (χ3v) is 4.14. The number of anilines is 1. The second-order valence-electron chi connectivity index (χ2n) is 4.73. The largest absolute Gasteiger partial charge is 0.382 e. The van der Waals surface area contributed by atoms with Crippen LogP contribution in [0.3, 0.4) is 0 Å². The number of fused-ring (bicyclic) bond motifs is 1. The van der Waals surface area contributed by atoms with Crippen LogP contribution in [0.25, 0.3) is 11.2 Å². The highest BCUT2D eigenvalue weighted by molar-refractivity contribution is 7.52. The van der Waals surface area contributed by atoms with Crippen LogP contribution in [0.1, 0.15) is 6.92 Å². The number of nitrogens with zero attached hydrogens (tertiary/aromatic N) is 4. The predicted molar refractivity (Wildman–Crippen MR) is 82.8 cm³/mol. The monoisotopic (exact) mass is 345 g/mol. The molecule has 1 unspecified atom stereocenters. The van der Waals surface area contributed by atoms with Crippen LogP contribution in [0.4, 0.5) is 5.82 Å². The lowest BCUT2D eigenvalue weighted by Gasteiger charge is -2.19. The fourth-order valence-corrected chi connectivity index (χ4v) is 2.41. The van der Waals surface area contributed by atoms with Gasteiger partial charge in [-0.25, -0.2) is 15.0 Å². The van der Waals surface area contributed by atoms with Crippen LogP contribution in [0.15, 0.2) is 12.7 Å². The quantitative estimate of drug-likeness (QED) is 0.627. The van der Waals surface area contributed by atoms with E-state index in [-0.39, 0.29) is 12.4 Å². The van der Waals surface area contributed by atoms with Crippen molar-refractivity contribution in [2.75, 3.05) is 32.4 Å². The van der Waals surface area contributed by atoms with Gasteiger partial charge in [0, 0.05) is 13.7 Å². The average Bonchev–Trinajstić information content (AvgIpc) is 2.94. The highest BCUT2D eigenvalue weighted by Gasteiger charge is 2.22. The highest BCUT2D eigenvalue weighted by Crippen LogP contribution is 2.40. The van der Waals surface area contributed by atoms with Gasteiger partial charge in [0.05, 0.1) is 25.6 Å². The molecule has 0 aliphatic rings. The van der Waals surface area contributed by atoms with Crippen LogP contribution < -0.4 is 5.73 Å². The first-order valence-corrected chi connectivity index (χ1v) is 8.71. The molecule has 11 heteroatoms. The van der Waals surface area contributed by atoms with E-state index in [0.717, 1.165) is 7.11 Å². The number of nitrogen functional groups attached to an aromatic ring is 1. The van der Waals surface area contributed by atoms with E-state index >= 15 is 0 Å². The minimum absolute atomic E-state index is 0.250. The summed E-state index contributed by atoms with van der Waals surface area (Å²) in [6.45, 7) is 2.93. The second-order valence-corrected chi connectivity index (χ2v) is 6.62. The Kier molecular flexibility index (Phi) is 6.03. The lowest BCUT2D eigenvalue weighted by Crippen LogP contribution is -2.26. The van der Waals surface area contributed by atoms with Gasteiger partial charge in [0.1, 0.15) is 18.2 Å². The summed E-state index contributed by atoms with van der Waals surface area (Å²) in [6.07, 6.45) is 2.01. The van der Waals surface area contributed by atoms with Crippen LogP contribution in [-0.2, 0) is 25.1 Å². The normalized spacial score (nSPS) is 15.6. The van der Waals surface area contributed by atoms with Gasteiger partial charge in [-0.1, -0.05) is 0 Å². The predicted octanol–water partition coefficient (Wildman–Crippen LogP) is 0.619. The number of ether oxygens (including phenoxy) is 2. The Morgan fingerprint density at radius 2 is 2.22 bits per heavy atom. The van der Waals surface area contributed by atoms with Crippen molar-refractivity contribution in [1.29, 1.82) is 0 Å². The van der Waals surface area contributed by atoms with Gasteiger partial charge in [-0.15, -0.1) is 0 Å². The molecule has 0 aromatic carbocycles. The maximum absolute atomic E-state index is 11.5. The fourth-order valence-electron chi connectivity index (χ4n) is 1.91. The summed E-state index contributed by atoms with van der Waals surface area (Å²) in [6, 6.07) is 0. The summed E-state index contributed by atoms with van der Waals surface area (Å²) in [4.78, 5) is 21.6. The summed E-state index contributed by atoms with van der Waals surface area (Å²) in [5.41, 5.74) is 6.79. The molecular formula is C12H20N5O5P. The first-order chi connectivity index (χ1) is 11.0. The maximum Gasteiger partial charge on any atom is 0.353 e. The third kappa shape index (κ3) is 4.69. The number of imidazole rings is 1. The van der Waals surface area contributed by atoms with Gasteiger partial charge < -0.3 is 29.2 Å². The van der Waals surface area contributed by atoms with Crippen molar-refractivity contribution < 1.29 is 23.5 Å². The molecule has 0 aliphatic heterocycles. The molecule has 0 saturated heterocycles. The zero-order valence-electron chi connectivity index (χ0n) is 13.0. The van der Waals surface area contributed by atoms with Crippen LogP contribution in [0.2, 0.25) is 0 Å². The van der Waals surface area contributed by atoms with Crippen molar-refractivity contribution in [2.45, 2.75) is 19.6 Å². The summed E-state index contributed by atoms with van der Waals surface area (Å²) < 4.78 is 28.6. The molecule has 3 N–H and O–H groups in total. The molecule has 23 heavy (non-hydrogen) atoms. The number of aromatic nitrogens is 4. The zero-order valence-corrected chi connectivity index (χ0v) is 13.8. The smallest absolute Gasteiger partial charge is 0.353 e. The minimum Gasteiger partial charge on any atom is -0.382 e. The highest BCUT2D eigenvalue weighted by atomic mass is 31.2. The SMILES string of the molecule is CCOC[C@H](Cn1cnc2c(N)ncnc21)OCP(=O)(O)OC. The number of hydrogen-bond donors (Lipinski definition) is 2. The molecule has 2 heterocycles. The lowest BCUT2D eigenvalue weighted by atomic mass is 10.3. The second kappa shape index (κ2) is 7.80. The summed E-state index contributed by atoms with van der Waals surface area (Å²) >= 11 is 0. The van der Waals surface area contributed by atoms with E-state index in [1.165, 1.54) is 6.33 Å². The molecule has 128 valence electrons. The van der Waals surface area contributed by atoms with Gasteiger partial charge >= 0.3 is 7.60 Å². The molecule has 2 aromatic heterocycles. The van der Waals surface area contributed by atoms with Crippen molar-refractivity contribution in [2.24, 2.45) is 0 Å². The van der Waals surface area contributed by atoms with Crippen molar-refractivity contribution in [3.63, 3.8) is 0 Å². The Labute approximate surface area is 133 Å². The van der Waals surface area contributed by atoms with Crippen LogP contribution in [-0.4, -0.2) is 57.2 Å². The Bertz CT molecular complexity index is 694. The van der Waals surface area contributed by atoms with Crippen LogP contribution in [0.5, 0.6) is 0 Å². The molecule has 0 amide bonds. The van der Waals surface area contributed by atoms with Gasteiger partial charge in [0.15, 0.2) is 11.5 Å². The maximum atomic E-state index is 11.5. The van der Waals surface area contributed by atoms with Crippen molar-refractivity contribution in [3.8, 4) is 0 Å². The fraction of sp³-hybridized carbons (Fsp3) is 0.583. The average molecular weight is 345 g/mol. The van der Waals surface area contributed by atoms with Gasteiger partial charge in [-0.05, 0) is 6.92 Å². The molecule has 0 spiro atoms. The topological polar surface area (TPSA) is 135 Å². The Morgan fingerprint density at radius 3 is 2.91 bits per heavy atom. The molecule has 2 atom stereocenters.